The van der Waals surface area contributed by atoms with Gasteiger partial charge in [0.2, 0.25) is 5.91 Å². The molecule has 0 unspecified atom stereocenters. The summed E-state index contributed by atoms with van der Waals surface area (Å²) in [6, 6.07) is 15.7. The Balaban J connectivity index is 1.54. The molecule has 1 amide bonds. The molecule has 0 radical (unpaired) electrons. The molecule has 7 heteroatoms. The molecule has 1 aromatic heterocycles. The summed E-state index contributed by atoms with van der Waals surface area (Å²) in [4.78, 5) is 16.3. The van der Waals surface area contributed by atoms with Crippen molar-refractivity contribution in [3.05, 3.63) is 70.4 Å². The number of hydrogen-bond acceptors (Lipinski definition) is 5. The third-order valence-electron chi connectivity index (χ3n) is 4.02. The van der Waals surface area contributed by atoms with Gasteiger partial charge in [-0.15, -0.1) is 11.8 Å². The zero-order chi connectivity index (χ0) is 19.9. The average Bonchev–Trinajstić information content (AvgIpc) is 2.69. The van der Waals surface area contributed by atoms with Crippen LogP contribution in [0.4, 0.5) is 0 Å². The molecule has 3 aromatic rings. The van der Waals surface area contributed by atoms with Crippen LogP contribution in [0.1, 0.15) is 16.7 Å². The van der Waals surface area contributed by atoms with Gasteiger partial charge in [0.1, 0.15) is 10.9 Å². The molecular formula is C21H20ClN3O2S. The number of amides is 1. The van der Waals surface area contributed by atoms with Crippen LogP contribution in [-0.4, -0.2) is 30.0 Å². The van der Waals surface area contributed by atoms with E-state index in [9.17, 15) is 4.79 Å². The van der Waals surface area contributed by atoms with Crippen molar-refractivity contribution in [2.24, 2.45) is 5.10 Å². The van der Waals surface area contributed by atoms with Crippen molar-refractivity contribution in [2.45, 2.75) is 12.7 Å². The maximum Gasteiger partial charge on any atom is 0.250 e. The van der Waals surface area contributed by atoms with Crippen molar-refractivity contribution < 1.29 is 9.53 Å². The van der Waals surface area contributed by atoms with Crippen LogP contribution in [-0.2, 0) is 10.5 Å². The fourth-order valence-corrected chi connectivity index (χ4v) is 3.48. The van der Waals surface area contributed by atoms with Crippen LogP contribution < -0.4 is 10.2 Å². The highest BCUT2D eigenvalue weighted by Gasteiger charge is 2.05. The number of carbonyl (C=O) groups excluding carboxylic acids is 1. The van der Waals surface area contributed by atoms with Crippen molar-refractivity contribution in [1.82, 2.24) is 10.4 Å². The summed E-state index contributed by atoms with van der Waals surface area (Å²) < 4.78 is 5.19. The first-order chi connectivity index (χ1) is 13.5. The van der Waals surface area contributed by atoms with E-state index < -0.39 is 0 Å². The number of carbonyl (C=O) groups is 1. The highest BCUT2D eigenvalue weighted by molar-refractivity contribution is 7.99. The van der Waals surface area contributed by atoms with Crippen LogP contribution in [0.3, 0.4) is 0 Å². The zero-order valence-corrected chi connectivity index (χ0v) is 17.2. The monoisotopic (exact) mass is 413 g/mol. The Kier molecular flexibility index (Phi) is 6.90. The molecule has 3 rings (SSSR count). The number of benzene rings is 2. The van der Waals surface area contributed by atoms with Gasteiger partial charge in [0.05, 0.1) is 24.6 Å². The van der Waals surface area contributed by atoms with Gasteiger partial charge in [-0.1, -0.05) is 41.4 Å². The van der Waals surface area contributed by atoms with Gasteiger partial charge in [0.25, 0.3) is 0 Å². The van der Waals surface area contributed by atoms with Crippen LogP contribution >= 0.6 is 23.4 Å². The first-order valence-electron chi connectivity index (χ1n) is 8.64. The Morgan fingerprint density at radius 1 is 1.25 bits per heavy atom. The normalized spacial score (nSPS) is 11.1. The molecule has 2 aromatic carbocycles. The fourth-order valence-electron chi connectivity index (χ4n) is 2.51. The summed E-state index contributed by atoms with van der Waals surface area (Å²) in [5.74, 6) is 1.66. The Hall–Kier alpha value is -2.57. The minimum Gasteiger partial charge on any atom is -0.497 e. The van der Waals surface area contributed by atoms with E-state index in [1.54, 1.807) is 7.11 Å². The van der Waals surface area contributed by atoms with E-state index in [-0.39, 0.29) is 5.91 Å². The summed E-state index contributed by atoms with van der Waals surface area (Å²) in [5, 5.41) is 5.21. The minimum atomic E-state index is -0.164. The van der Waals surface area contributed by atoms with Gasteiger partial charge in [-0.2, -0.15) is 5.10 Å². The largest absolute Gasteiger partial charge is 0.497 e. The van der Waals surface area contributed by atoms with E-state index >= 15 is 0 Å². The third kappa shape index (κ3) is 5.47. The second-order valence-electron chi connectivity index (χ2n) is 6.20. The van der Waals surface area contributed by atoms with Gasteiger partial charge < -0.3 is 4.74 Å². The van der Waals surface area contributed by atoms with Gasteiger partial charge in [0, 0.05) is 22.8 Å². The van der Waals surface area contributed by atoms with Crippen molar-refractivity contribution >= 4 is 46.4 Å². The summed E-state index contributed by atoms with van der Waals surface area (Å²) in [6.07, 6.45) is 1.50. The first kappa shape index (κ1) is 20.2. The van der Waals surface area contributed by atoms with Gasteiger partial charge >= 0.3 is 0 Å². The number of halogens is 1. The number of rotatable bonds is 7. The first-order valence-corrected chi connectivity index (χ1v) is 10.2. The van der Waals surface area contributed by atoms with Gasteiger partial charge in [-0.05, 0) is 30.7 Å². The number of aryl methyl sites for hydroxylation is 1. The minimum absolute atomic E-state index is 0.164. The van der Waals surface area contributed by atoms with E-state index in [4.69, 9.17) is 16.3 Å². The molecule has 0 saturated heterocycles. The molecule has 1 N–H and O–H groups in total. The molecule has 28 heavy (non-hydrogen) atoms. The van der Waals surface area contributed by atoms with Crippen LogP contribution in [0.25, 0.3) is 10.9 Å². The van der Waals surface area contributed by atoms with Crippen LogP contribution in [0.5, 0.6) is 5.75 Å². The lowest BCUT2D eigenvalue weighted by molar-refractivity contribution is -0.118. The molecule has 0 spiro atoms. The Bertz CT molecular complexity index is 1010. The Morgan fingerprint density at radius 3 is 2.79 bits per heavy atom. The molecule has 0 atom stereocenters. The van der Waals surface area contributed by atoms with Crippen LogP contribution in [0.15, 0.2) is 53.6 Å². The van der Waals surface area contributed by atoms with E-state index in [1.165, 1.54) is 29.1 Å². The number of pyridine rings is 1. The van der Waals surface area contributed by atoms with Crippen molar-refractivity contribution in [3.8, 4) is 5.75 Å². The SMILES string of the molecule is COc1ccc2cc(/C=N\NC(=O)CSCc3ccc(C)cc3)c(Cl)nc2c1. The number of hydrazone groups is 1. The van der Waals surface area contributed by atoms with E-state index in [0.29, 0.717) is 22.2 Å². The average molecular weight is 414 g/mol. The molecule has 0 fully saturated rings. The van der Waals surface area contributed by atoms with Crippen molar-refractivity contribution in [1.29, 1.82) is 0 Å². The second-order valence-corrected chi connectivity index (χ2v) is 7.54. The smallest absolute Gasteiger partial charge is 0.250 e. The van der Waals surface area contributed by atoms with Crippen molar-refractivity contribution in [3.63, 3.8) is 0 Å². The molecule has 0 saturated carbocycles. The standard InChI is InChI=1S/C21H20ClN3O2S/c1-14-3-5-15(6-4-14)12-28-13-20(26)25-23-11-17-9-16-7-8-18(27-2)10-19(16)24-21(17)22/h3-11H,12-13H2,1-2H3,(H,25,26)/b23-11-. The predicted octanol–water partition coefficient (Wildman–Crippen LogP) is 4.59. The molecule has 0 bridgehead atoms. The predicted molar refractivity (Wildman–Crippen MR) is 116 cm³/mol. The molecule has 0 aliphatic heterocycles. The Labute approximate surface area is 173 Å². The number of thioether (sulfide) groups is 1. The number of fused-ring (bicyclic) bond motifs is 1. The highest BCUT2D eigenvalue weighted by Crippen LogP contribution is 2.23. The van der Waals surface area contributed by atoms with E-state index in [1.807, 2.05) is 24.3 Å². The lowest BCUT2D eigenvalue weighted by atomic mass is 10.1. The highest BCUT2D eigenvalue weighted by atomic mass is 35.5. The molecule has 1 heterocycles. The number of hydrogen-bond donors (Lipinski definition) is 1. The maximum absolute atomic E-state index is 11.9. The number of nitrogens with one attached hydrogen (secondary N) is 1. The quantitative estimate of drug-likeness (QED) is 0.349. The van der Waals surface area contributed by atoms with Gasteiger partial charge in [0.15, 0.2) is 0 Å². The zero-order valence-electron chi connectivity index (χ0n) is 15.6. The summed E-state index contributed by atoms with van der Waals surface area (Å²) >= 11 is 7.76. The Morgan fingerprint density at radius 2 is 2.04 bits per heavy atom. The molecule has 0 aliphatic carbocycles. The lowest BCUT2D eigenvalue weighted by Gasteiger charge is -2.05. The van der Waals surface area contributed by atoms with E-state index in [0.717, 1.165) is 16.7 Å². The third-order valence-corrected chi connectivity index (χ3v) is 5.33. The van der Waals surface area contributed by atoms with Crippen LogP contribution in [0.2, 0.25) is 5.15 Å². The van der Waals surface area contributed by atoms with Crippen LogP contribution in [0, 0.1) is 6.92 Å². The number of ether oxygens (including phenoxy) is 1. The lowest BCUT2D eigenvalue weighted by Crippen LogP contribution is -2.19. The second kappa shape index (κ2) is 9.57. The summed E-state index contributed by atoms with van der Waals surface area (Å²) in [7, 11) is 1.60. The number of aromatic nitrogens is 1. The van der Waals surface area contributed by atoms with Crippen molar-refractivity contribution in [2.75, 3.05) is 12.9 Å². The number of nitrogens with zero attached hydrogens (tertiary/aromatic N) is 2. The molecule has 5 nitrogen and oxygen atoms in total. The topological polar surface area (TPSA) is 63.6 Å². The molecule has 0 aliphatic rings. The summed E-state index contributed by atoms with van der Waals surface area (Å²) in [5.41, 5.74) is 6.31. The summed E-state index contributed by atoms with van der Waals surface area (Å²) in [6.45, 7) is 2.05. The molecule has 144 valence electrons. The van der Waals surface area contributed by atoms with Gasteiger partial charge in [-0.3, -0.25) is 4.79 Å². The maximum atomic E-state index is 11.9. The fraction of sp³-hybridized carbons (Fsp3) is 0.190. The molecular weight excluding hydrogens is 394 g/mol. The number of methoxy groups -OCH3 is 1. The van der Waals surface area contributed by atoms with Gasteiger partial charge in [-0.25, -0.2) is 10.4 Å². The van der Waals surface area contributed by atoms with E-state index in [2.05, 4.69) is 46.7 Å².